The maximum atomic E-state index is 14.9. The van der Waals surface area contributed by atoms with Crippen LogP contribution in [0.2, 0.25) is 0 Å². The van der Waals surface area contributed by atoms with E-state index < -0.39 is 169 Å². The predicted octanol–water partition coefficient (Wildman–Crippen LogP) is 0.598. The van der Waals surface area contributed by atoms with Crippen molar-refractivity contribution in [3.63, 3.8) is 0 Å². The number of fused-ring (bicyclic) bond motifs is 2. The molecule has 23 heteroatoms. The molecule has 0 radical (unpaired) electrons. The third-order valence-corrected chi connectivity index (χ3v) is 15.5. The number of carbonyl (C=O) groups excluding carboxylic acids is 3. The van der Waals surface area contributed by atoms with Crippen LogP contribution >= 0.6 is 0 Å². The molecule has 5 aliphatic heterocycles. The number of aromatic hydroxyl groups is 2. The van der Waals surface area contributed by atoms with Gasteiger partial charge in [0.05, 0.1) is 71.5 Å². The van der Waals surface area contributed by atoms with Crippen LogP contribution < -0.4 is 4.74 Å². The van der Waals surface area contributed by atoms with Crippen LogP contribution in [0.5, 0.6) is 17.2 Å². The third kappa shape index (κ3) is 11.4. The number of hydrogen-bond donors (Lipinski definition) is 9. The lowest BCUT2D eigenvalue weighted by Gasteiger charge is -2.46. The molecule has 0 bridgehead atoms. The maximum absolute atomic E-state index is 14.9. The quantitative estimate of drug-likeness (QED) is 0.117. The first kappa shape index (κ1) is 56.6. The van der Waals surface area contributed by atoms with Gasteiger partial charge < -0.3 is 98.1 Å². The lowest BCUT2D eigenvalue weighted by molar-refractivity contribution is -0.334. The fourth-order valence-corrected chi connectivity index (χ4v) is 11.1. The first-order valence-corrected chi connectivity index (χ1v) is 25.3. The molecule has 0 saturated carbocycles. The molecule has 10 unspecified atom stereocenters. The maximum Gasteiger partial charge on any atom is 0.227 e. The summed E-state index contributed by atoms with van der Waals surface area (Å²) in [4.78, 5) is 41.1. The largest absolute Gasteiger partial charge is 0.507 e. The topological polar surface area (TPSA) is 335 Å². The number of ketones is 3. The molecule has 5 heterocycles. The highest BCUT2D eigenvalue weighted by molar-refractivity contribution is 6.38. The highest BCUT2D eigenvalue weighted by Crippen LogP contribution is 2.47. The van der Waals surface area contributed by atoms with Gasteiger partial charge in [0.25, 0.3) is 0 Å². The van der Waals surface area contributed by atoms with Crippen molar-refractivity contribution in [3.8, 4) is 17.2 Å². The highest BCUT2D eigenvalue weighted by atomic mass is 16.7. The van der Waals surface area contributed by atoms with Crippen LogP contribution in [0.15, 0.2) is 12.1 Å². The summed E-state index contributed by atoms with van der Waals surface area (Å²) < 4.78 is 66.4. The standard InChI is InChI=1S/C51H72O23/c1-18-29(70-34-14-30(43(57)21(4)66-34)71-33-13-28(53)42(56)20(3)65-33)12-26-10-25-11-27(48(64-9)41(55)19(2)52)49(47(61)39(25)46(60)38(26)40(18)54)74-36-16-31(44(58)23(6)68-36)72-35-15-32(45(59)22(5)67-35)73-37-17-51(8,63)50(62)24(7)69-37/h10,12,20-24,27-28,30-37,42-45,48-50,53-54,56-60,62-63H,11,13-17H2,1-9H3/t20?,21?,22?,23?,24?,27-,28+,30+,31+,32+,33?,34?,35?,36?,37?,42+,43+,44+,45-,48-,49-,50+,51-/m0/s1. The van der Waals surface area contributed by atoms with E-state index in [9.17, 15) is 60.3 Å². The molecular weight excluding hydrogens is 981 g/mol. The van der Waals surface area contributed by atoms with E-state index in [4.69, 9.17) is 52.1 Å². The number of aliphatic hydroxyl groups is 7. The second-order valence-electron chi connectivity index (χ2n) is 21.0. The number of ether oxygens (including phenoxy) is 11. The zero-order chi connectivity index (χ0) is 54.0. The Morgan fingerprint density at radius 2 is 1.16 bits per heavy atom. The van der Waals surface area contributed by atoms with Crippen LogP contribution in [0.4, 0.5) is 0 Å². The monoisotopic (exact) mass is 1050 g/mol. The molecule has 9 N–H and O–H groups in total. The van der Waals surface area contributed by atoms with Crippen molar-refractivity contribution in [2.75, 3.05) is 7.11 Å². The minimum Gasteiger partial charge on any atom is -0.507 e. The number of phenols is 2. The van der Waals surface area contributed by atoms with Crippen molar-refractivity contribution < 1.29 is 112 Å². The fourth-order valence-electron chi connectivity index (χ4n) is 11.1. The summed E-state index contributed by atoms with van der Waals surface area (Å²) in [5, 5.41) is 98.9. The Kier molecular flexibility index (Phi) is 17.2. The molecule has 5 saturated heterocycles. The molecule has 6 aliphatic rings. The van der Waals surface area contributed by atoms with Crippen LogP contribution in [0.1, 0.15) is 102 Å². The van der Waals surface area contributed by atoms with E-state index in [0.717, 1.165) is 6.92 Å². The second kappa shape index (κ2) is 22.4. The minimum absolute atomic E-state index is 0.0247. The predicted molar refractivity (Wildman–Crippen MR) is 252 cm³/mol. The lowest BCUT2D eigenvalue weighted by atomic mass is 9.75. The van der Waals surface area contributed by atoms with Crippen LogP contribution in [0.25, 0.3) is 10.8 Å². The number of rotatable bonds is 14. The second-order valence-corrected chi connectivity index (χ2v) is 21.0. The van der Waals surface area contributed by atoms with Crippen LogP contribution in [0, 0.1) is 12.8 Å². The number of hydrogen-bond acceptors (Lipinski definition) is 23. The van der Waals surface area contributed by atoms with Crippen molar-refractivity contribution in [3.05, 3.63) is 28.8 Å². The Morgan fingerprint density at radius 3 is 1.69 bits per heavy atom. The van der Waals surface area contributed by atoms with Gasteiger partial charge in [-0.2, -0.15) is 0 Å². The molecule has 1 aliphatic carbocycles. The van der Waals surface area contributed by atoms with Gasteiger partial charge in [0.15, 0.2) is 36.7 Å². The van der Waals surface area contributed by atoms with E-state index >= 15 is 0 Å². The van der Waals surface area contributed by atoms with E-state index in [1.54, 1.807) is 34.6 Å². The van der Waals surface area contributed by atoms with Gasteiger partial charge in [-0.15, -0.1) is 0 Å². The molecule has 0 aromatic heterocycles. The summed E-state index contributed by atoms with van der Waals surface area (Å²) in [6.45, 7) is 12.0. The number of benzene rings is 2. The number of carbonyl (C=O) groups is 3. The Morgan fingerprint density at radius 1 is 0.676 bits per heavy atom. The van der Waals surface area contributed by atoms with Gasteiger partial charge >= 0.3 is 0 Å². The first-order chi connectivity index (χ1) is 34.8. The average Bonchev–Trinajstić information content (AvgIpc) is 3.32. The smallest absolute Gasteiger partial charge is 0.227 e. The first-order valence-electron chi connectivity index (χ1n) is 25.3. The van der Waals surface area contributed by atoms with Crippen molar-refractivity contribution >= 4 is 28.1 Å². The van der Waals surface area contributed by atoms with E-state index in [-0.39, 0.29) is 71.7 Å². The average molecular weight is 1050 g/mol. The SMILES string of the molecule is CO[C@H](C(=O)C(C)=O)[C@@H]1Cc2cc3cc(OC4C[C@@H](OC5C[C@@H](O)[C@H](O)C(C)O5)[C@H](O)C(C)O4)c(C)c(O)c3c(O)c2C(=O)[C@H]1OC1C[C@@H](OC2C[C@@H](OC3C[C@](C)(O)[C@H](O)C(C)O3)[C@@H](O)C(C)O2)[C@H](O)C(C)O1. The number of methoxy groups -OCH3 is 1. The highest BCUT2D eigenvalue weighted by Gasteiger charge is 2.51. The molecule has 5 fully saturated rings. The van der Waals surface area contributed by atoms with Crippen LogP contribution in [0.3, 0.4) is 0 Å². The molecule has 414 valence electrons. The van der Waals surface area contributed by atoms with E-state index in [2.05, 4.69) is 0 Å². The van der Waals surface area contributed by atoms with Gasteiger partial charge in [0.2, 0.25) is 12.1 Å². The summed E-state index contributed by atoms with van der Waals surface area (Å²) in [6.07, 6.45) is -23.0. The number of Topliss-reactive ketones (excluding diaryl/α,β-unsaturated/α-hetero) is 3. The fraction of sp³-hybridized carbons (Fsp3) is 0.745. The van der Waals surface area contributed by atoms with Gasteiger partial charge in [-0.1, -0.05) is 0 Å². The summed E-state index contributed by atoms with van der Waals surface area (Å²) in [6, 6.07) is 3.06. The zero-order valence-electron chi connectivity index (χ0n) is 42.8. The van der Waals surface area contributed by atoms with Crippen LogP contribution in [-0.4, -0.2) is 205 Å². The van der Waals surface area contributed by atoms with E-state index in [0.29, 0.717) is 0 Å². The molecule has 23 nitrogen and oxygen atoms in total. The Bertz CT molecular complexity index is 2350. The molecular formula is C51H72O23. The summed E-state index contributed by atoms with van der Waals surface area (Å²) in [5.74, 6) is -4.76. The van der Waals surface area contributed by atoms with Gasteiger partial charge in [-0.25, -0.2) is 0 Å². The van der Waals surface area contributed by atoms with E-state index in [1.165, 1.54) is 33.1 Å². The number of aliphatic hydroxyl groups excluding tert-OH is 6. The van der Waals surface area contributed by atoms with Crippen LogP contribution in [-0.2, 0) is 63.4 Å². The Labute approximate surface area is 427 Å². The molecule has 0 spiro atoms. The van der Waals surface area contributed by atoms with Gasteiger partial charge in [-0.05, 0) is 78.0 Å². The summed E-state index contributed by atoms with van der Waals surface area (Å²) in [7, 11) is 1.20. The Hall–Kier alpha value is -3.57. The minimum atomic E-state index is -1.61. The normalized spacial score (nSPS) is 42.4. The van der Waals surface area contributed by atoms with Crippen molar-refractivity contribution in [1.82, 2.24) is 0 Å². The van der Waals surface area contributed by atoms with Gasteiger partial charge in [0.1, 0.15) is 60.0 Å². The molecule has 23 atom stereocenters. The summed E-state index contributed by atoms with van der Waals surface area (Å²) >= 11 is 0. The molecule has 2 aromatic carbocycles. The van der Waals surface area contributed by atoms with Gasteiger partial charge in [0, 0.05) is 57.6 Å². The molecule has 8 rings (SSSR count). The van der Waals surface area contributed by atoms with Crippen molar-refractivity contribution in [1.29, 1.82) is 0 Å². The molecule has 0 amide bonds. The van der Waals surface area contributed by atoms with E-state index in [1.807, 2.05) is 0 Å². The summed E-state index contributed by atoms with van der Waals surface area (Å²) in [5.41, 5.74) is -1.40. The van der Waals surface area contributed by atoms with Crippen molar-refractivity contribution in [2.24, 2.45) is 5.92 Å². The zero-order valence-corrected chi connectivity index (χ0v) is 42.8. The third-order valence-electron chi connectivity index (χ3n) is 15.5. The van der Waals surface area contributed by atoms with Crippen molar-refractivity contribution in [2.45, 2.75) is 229 Å². The van der Waals surface area contributed by atoms with Gasteiger partial charge in [-0.3, -0.25) is 14.4 Å². The molecule has 2 aromatic rings. The number of phenolic OH excluding ortho intramolecular Hbond substituents is 2. The molecule has 74 heavy (non-hydrogen) atoms. The Balaban J connectivity index is 1.03. The lowest BCUT2D eigenvalue weighted by Crippen LogP contribution is -2.58.